The largest absolute Gasteiger partial charge is 0.494 e. The van der Waals surface area contributed by atoms with Gasteiger partial charge in [0.05, 0.1) is 31.2 Å². The lowest BCUT2D eigenvalue weighted by Gasteiger charge is -2.35. The zero-order valence-corrected chi connectivity index (χ0v) is 23.5. The highest BCUT2D eigenvalue weighted by Gasteiger charge is 2.71. The van der Waals surface area contributed by atoms with Crippen LogP contribution in [-0.4, -0.2) is 78.3 Å². The van der Waals surface area contributed by atoms with Crippen molar-refractivity contribution in [2.45, 2.75) is 38.5 Å². The summed E-state index contributed by atoms with van der Waals surface area (Å²) in [7, 11) is 0. The lowest BCUT2D eigenvalue weighted by molar-refractivity contribution is -0.141. The van der Waals surface area contributed by atoms with Crippen LogP contribution in [-0.2, 0) is 19.1 Å². The molecule has 2 aromatic rings. The molecule has 0 saturated carbocycles. The highest BCUT2D eigenvalue weighted by atomic mass is 16.5. The van der Waals surface area contributed by atoms with E-state index in [1.54, 1.807) is 9.80 Å². The number of aliphatic hydroxyl groups is 1. The maximum absolute atomic E-state index is 14.4. The summed E-state index contributed by atoms with van der Waals surface area (Å²) in [4.78, 5) is 47.5. The molecule has 1 spiro atoms. The Hall–Kier alpha value is -3.95. The van der Waals surface area contributed by atoms with Gasteiger partial charge in [0.2, 0.25) is 11.8 Å². The van der Waals surface area contributed by atoms with Gasteiger partial charge in [0, 0.05) is 31.0 Å². The van der Waals surface area contributed by atoms with Crippen LogP contribution in [0.2, 0.25) is 0 Å². The number of anilines is 2. The van der Waals surface area contributed by atoms with Crippen molar-refractivity contribution in [3.63, 3.8) is 0 Å². The van der Waals surface area contributed by atoms with Gasteiger partial charge in [-0.05, 0) is 62.2 Å². The van der Waals surface area contributed by atoms with Gasteiger partial charge >= 0.3 is 0 Å². The summed E-state index contributed by atoms with van der Waals surface area (Å²) in [5.74, 6) is -1.91. The van der Waals surface area contributed by atoms with Gasteiger partial charge in [-0.25, -0.2) is 0 Å². The molecule has 9 nitrogen and oxygen atoms in total. The van der Waals surface area contributed by atoms with Crippen molar-refractivity contribution in [3.8, 4) is 5.75 Å². The topological polar surface area (TPSA) is 99.6 Å². The molecule has 5 atom stereocenters. The van der Waals surface area contributed by atoms with Gasteiger partial charge in [-0.3, -0.25) is 14.4 Å². The molecule has 1 unspecified atom stereocenters. The fraction of sp³-hybridized carbons (Fsp3) is 0.406. The number of aliphatic hydroxyl groups excluding tert-OH is 1. The molecular formula is C32H35N3O6. The summed E-state index contributed by atoms with van der Waals surface area (Å²) in [6.45, 7) is 6.65. The molecule has 4 aliphatic rings. The molecule has 4 aliphatic heterocycles. The van der Waals surface area contributed by atoms with Crippen molar-refractivity contribution in [1.82, 2.24) is 4.90 Å². The van der Waals surface area contributed by atoms with Gasteiger partial charge in [0.15, 0.2) is 0 Å². The van der Waals surface area contributed by atoms with E-state index in [0.29, 0.717) is 31.1 Å². The number of nitrogens with zero attached hydrogens (tertiary/aromatic N) is 3. The molecule has 0 radical (unpaired) electrons. The molecule has 9 heteroatoms. The maximum atomic E-state index is 14.4. The summed E-state index contributed by atoms with van der Waals surface area (Å²) >= 11 is 0. The third-order valence-corrected chi connectivity index (χ3v) is 8.61. The van der Waals surface area contributed by atoms with Crippen LogP contribution in [0.25, 0.3) is 0 Å². The number of hydrogen-bond acceptors (Lipinski definition) is 6. The van der Waals surface area contributed by atoms with Gasteiger partial charge in [-0.2, -0.15) is 0 Å². The second-order valence-electron chi connectivity index (χ2n) is 11.0. The number of carbonyl (C=O) groups excluding carboxylic acids is 3. The van der Waals surface area contributed by atoms with E-state index in [0.717, 1.165) is 16.8 Å². The zero-order chi connectivity index (χ0) is 28.9. The summed E-state index contributed by atoms with van der Waals surface area (Å²) in [6, 6.07) is 12.2. The normalized spacial score (nSPS) is 28.9. The molecule has 0 bridgehead atoms. The molecule has 1 N–H and O–H groups in total. The number of aryl methyl sites for hydroxylation is 2. The SMILES string of the molecule is CCOc1ccc(N2CC=C[C@H]3O[C@]45C=CCN(c6cc(C)ccc6C)C(=O)C4N(CCO)C(=O)[C@@H]5[C@H]3C2=O)cc1. The molecule has 6 rings (SSSR count). The Balaban J connectivity index is 1.40. The predicted molar refractivity (Wildman–Crippen MR) is 154 cm³/mol. The van der Waals surface area contributed by atoms with E-state index in [1.807, 2.05) is 87.5 Å². The molecule has 3 amide bonds. The fourth-order valence-electron chi connectivity index (χ4n) is 6.83. The Labute approximate surface area is 239 Å². The van der Waals surface area contributed by atoms with Crippen molar-refractivity contribution >= 4 is 29.1 Å². The molecule has 2 aromatic carbocycles. The first-order valence-electron chi connectivity index (χ1n) is 14.2. The van der Waals surface area contributed by atoms with Crippen molar-refractivity contribution in [1.29, 1.82) is 0 Å². The zero-order valence-electron chi connectivity index (χ0n) is 23.5. The Morgan fingerprint density at radius 1 is 0.976 bits per heavy atom. The Bertz CT molecular complexity index is 1440. The Morgan fingerprint density at radius 3 is 2.46 bits per heavy atom. The Kier molecular flexibility index (Phi) is 6.95. The van der Waals surface area contributed by atoms with E-state index in [-0.39, 0.29) is 30.9 Å². The highest BCUT2D eigenvalue weighted by Crippen LogP contribution is 2.53. The molecule has 2 fully saturated rings. The van der Waals surface area contributed by atoms with Crippen molar-refractivity contribution in [2.24, 2.45) is 11.8 Å². The number of rotatable bonds is 6. The summed E-state index contributed by atoms with van der Waals surface area (Å²) < 4.78 is 12.2. The number of benzene rings is 2. The minimum absolute atomic E-state index is 0.0324. The number of carbonyl (C=O) groups is 3. The van der Waals surface area contributed by atoms with E-state index < -0.39 is 29.6 Å². The van der Waals surface area contributed by atoms with Crippen LogP contribution in [0.15, 0.2) is 66.8 Å². The minimum atomic E-state index is -1.34. The van der Waals surface area contributed by atoms with Crippen LogP contribution in [0.3, 0.4) is 0 Å². The Morgan fingerprint density at radius 2 is 1.73 bits per heavy atom. The summed E-state index contributed by atoms with van der Waals surface area (Å²) in [5.41, 5.74) is 2.06. The van der Waals surface area contributed by atoms with Crippen LogP contribution < -0.4 is 14.5 Å². The second kappa shape index (κ2) is 10.5. The number of amides is 3. The van der Waals surface area contributed by atoms with Gasteiger partial charge in [0.1, 0.15) is 17.4 Å². The van der Waals surface area contributed by atoms with E-state index >= 15 is 0 Å². The quantitative estimate of drug-likeness (QED) is 0.549. The molecule has 214 valence electrons. The molecular weight excluding hydrogens is 522 g/mol. The first-order valence-corrected chi connectivity index (χ1v) is 14.2. The monoisotopic (exact) mass is 557 g/mol. The second-order valence-corrected chi connectivity index (χ2v) is 11.0. The molecule has 2 saturated heterocycles. The van der Waals surface area contributed by atoms with E-state index in [1.165, 1.54) is 4.90 Å². The first-order chi connectivity index (χ1) is 19.8. The molecule has 0 aromatic heterocycles. The number of hydrogen-bond donors (Lipinski definition) is 1. The van der Waals surface area contributed by atoms with Gasteiger partial charge in [-0.15, -0.1) is 0 Å². The average molecular weight is 558 g/mol. The number of ether oxygens (including phenoxy) is 2. The molecule has 4 heterocycles. The average Bonchev–Trinajstić information content (AvgIpc) is 3.26. The van der Waals surface area contributed by atoms with Crippen LogP contribution in [0, 0.1) is 25.7 Å². The van der Waals surface area contributed by atoms with Gasteiger partial charge < -0.3 is 29.3 Å². The highest BCUT2D eigenvalue weighted by molar-refractivity contribution is 6.07. The summed E-state index contributed by atoms with van der Waals surface area (Å²) in [6.07, 6.45) is 6.74. The standard InChI is InChI=1S/C32H35N3O6/c1-4-40-23-12-10-22(11-13-23)33-15-5-7-25-26(29(33)37)27-30(38)35(17-18-36)28-31(39)34(16-6-14-32(27,28)41-25)24-19-20(2)8-9-21(24)3/h5-14,19,25-28,36H,4,15-18H2,1-3H3/t25-,26+,27+,28?,32+/m1/s1. The lowest BCUT2D eigenvalue weighted by Crippen LogP contribution is -2.55. The number of likely N-dealkylation sites (tertiary alicyclic amines) is 1. The van der Waals surface area contributed by atoms with Crippen LogP contribution in [0.1, 0.15) is 18.1 Å². The van der Waals surface area contributed by atoms with E-state index in [2.05, 4.69) is 0 Å². The van der Waals surface area contributed by atoms with Gasteiger partial charge in [-0.1, -0.05) is 36.4 Å². The number of fused-ring (bicyclic) bond motifs is 2. The summed E-state index contributed by atoms with van der Waals surface area (Å²) in [5, 5.41) is 9.92. The van der Waals surface area contributed by atoms with Crippen molar-refractivity contribution < 1.29 is 29.0 Å². The van der Waals surface area contributed by atoms with E-state index in [4.69, 9.17) is 9.47 Å². The maximum Gasteiger partial charge on any atom is 0.253 e. The first kappa shape index (κ1) is 27.2. The molecule has 0 aliphatic carbocycles. The van der Waals surface area contributed by atoms with Crippen molar-refractivity contribution in [3.05, 3.63) is 77.9 Å². The minimum Gasteiger partial charge on any atom is -0.494 e. The lowest BCUT2D eigenvalue weighted by atomic mass is 9.77. The van der Waals surface area contributed by atoms with E-state index in [9.17, 15) is 19.5 Å². The molecule has 41 heavy (non-hydrogen) atoms. The van der Waals surface area contributed by atoms with Gasteiger partial charge in [0.25, 0.3) is 5.91 Å². The van der Waals surface area contributed by atoms with Crippen LogP contribution in [0.4, 0.5) is 11.4 Å². The van der Waals surface area contributed by atoms with Crippen LogP contribution >= 0.6 is 0 Å². The predicted octanol–water partition coefficient (Wildman–Crippen LogP) is 2.78. The smallest absolute Gasteiger partial charge is 0.253 e. The van der Waals surface area contributed by atoms with Crippen molar-refractivity contribution in [2.75, 3.05) is 42.6 Å². The fourth-order valence-corrected chi connectivity index (χ4v) is 6.83. The van der Waals surface area contributed by atoms with Crippen LogP contribution in [0.5, 0.6) is 5.75 Å². The number of β-amino-alcohol motifs (C(OH)–C–C–N with tert-alkyl or cyclic N) is 1. The third kappa shape index (κ3) is 4.26. The third-order valence-electron chi connectivity index (χ3n) is 8.61.